The van der Waals surface area contributed by atoms with Gasteiger partial charge in [-0.1, -0.05) is 12.1 Å². The van der Waals surface area contributed by atoms with Gasteiger partial charge in [-0.15, -0.1) is 0 Å². The maximum Gasteiger partial charge on any atom is 0.224 e. The van der Waals surface area contributed by atoms with Gasteiger partial charge in [0.15, 0.2) is 10.2 Å². The van der Waals surface area contributed by atoms with Crippen LogP contribution in [-0.4, -0.2) is 29.2 Å². The Balaban J connectivity index is 1.75. The number of nitrogens with zero attached hydrogens (tertiary/aromatic N) is 1. The lowest BCUT2D eigenvalue weighted by molar-refractivity contribution is -0.120. The van der Waals surface area contributed by atoms with Crippen LogP contribution in [0.1, 0.15) is 12.2 Å². The molecule has 24 heavy (non-hydrogen) atoms. The summed E-state index contributed by atoms with van der Waals surface area (Å²) in [6, 6.07) is 11.3. The summed E-state index contributed by atoms with van der Waals surface area (Å²) in [5, 5.41) is 3.85. The molecular weight excluding hydrogens is 326 g/mol. The standard InChI is InChI=1S/C17H15N3O3S/c1-18-15(22)9-11(10-21)8-12-6-7-16(23-12)24-17-19-13-4-2-3-5-14(13)20-17/h2-8,10H,9H2,1H3,(H,18,22)(H,19,20)/b11-8+. The van der Waals surface area contributed by atoms with Gasteiger partial charge in [0, 0.05) is 12.6 Å². The second-order valence-corrected chi connectivity index (χ2v) is 6.00. The van der Waals surface area contributed by atoms with E-state index < -0.39 is 0 Å². The van der Waals surface area contributed by atoms with E-state index in [9.17, 15) is 9.59 Å². The number of carbonyl (C=O) groups is 2. The zero-order valence-corrected chi connectivity index (χ0v) is 13.7. The predicted octanol–water partition coefficient (Wildman–Crippen LogP) is 3.03. The summed E-state index contributed by atoms with van der Waals surface area (Å²) in [7, 11) is 1.53. The number of aldehydes is 1. The molecule has 122 valence electrons. The van der Waals surface area contributed by atoms with Gasteiger partial charge in [0.1, 0.15) is 12.0 Å². The van der Waals surface area contributed by atoms with Crippen molar-refractivity contribution in [2.75, 3.05) is 7.05 Å². The van der Waals surface area contributed by atoms with Crippen LogP contribution in [-0.2, 0) is 9.59 Å². The minimum Gasteiger partial charge on any atom is -0.450 e. The Morgan fingerprint density at radius 1 is 1.33 bits per heavy atom. The number of rotatable bonds is 6. The first kappa shape index (κ1) is 16.1. The van der Waals surface area contributed by atoms with Crippen LogP contribution in [0.2, 0.25) is 0 Å². The molecule has 0 unspecified atom stereocenters. The SMILES string of the molecule is CNC(=O)C/C(C=O)=C\c1ccc(Sc2nc3ccccc3[nH]2)o1. The third-order valence-electron chi connectivity index (χ3n) is 3.29. The molecule has 0 aliphatic rings. The Labute approximate surface area is 142 Å². The van der Waals surface area contributed by atoms with Crippen LogP contribution >= 0.6 is 11.8 Å². The van der Waals surface area contributed by atoms with E-state index in [-0.39, 0.29) is 12.3 Å². The molecule has 1 aromatic carbocycles. The molecule has 2 heterocycles. The van der Waals surface area contributed by atoms with Crippen LogP contribution in [0.3, 0.4) is 0 Å². The molecule has 0 bridgehead atoms. The molecule has 1 amide bonds. The monoisotopic (exact) mass is 341 g/mol. The lowest BCUT2D eigenvalue weighted by atomic mass is 10.1. The minimum atomic E-state index is -0.225. The summed E-state index contributed by atoms with van der Waals surface area (Å²) < 4.78 is 5.67. The number of carbonyl (C=O) groups excluding carboxylic acids is 2. The van der Waals surface area contributed by atoms with E-state index in [0.717, 1.165) is 16.2 Å². The maximum absolute atomic E-state index is 11.3. The van der Waals surface area contributed by atoms with Crippen LogP contribution in [0, 0.1) is 0 Å². The lowest BCUT2D eigenvalue weighted by Gasteiger charge is -1.98. The normalized spacial score (nSPS) is 11.6. The van der Waals surface area contributed by atoms with Gasteiger partial charge in [0.2, 0.25) is 5.91 Å². The van der Waals surface area contributed by atoms with Crippen molar-refractivity contribution in [3.8, 4) is 0 Å². The summed E-state index contributed by atoms with van der Waals surface area (Å²) in [4.78, 5) is 30.1. The number of benzene rings is 1. The summed E-state index contributed by atoms with van der Waals surface area (Å²) >= 11 is 1.36. The largest absolute Gasteiger partial charge is 0.450 e. The van der Waals surface area contributed by atoms with Crippen molar-refractivity contribution in [1.82, 2.24) is 15.3 Å². The first-order valence-corrected chi connectivity index (χ1v) is 8.08. The van der Waals surface area contributed by atoms with E-state index in [1.54, 1.807) is 18.2 Å². The number of fused-ring (bicyclic) bond motifs is 1. The van der Waals surface area contributed by atoms with Crippen molar-refractivity contribution in [3.05, 3.63) is 47.7 Å². The van der Waals surface area contributed by atoms with Crippen molar-refractivity contribution in [2.24, 2.45) is 0 Å². The van der Waals surface area contributed by atoms with Gasteiger partial charge in [0.25, 0.3) is 0 Å². The molecule has 0 atom stereocenters. The first-order chi connectivity index (χ1) is 11.7. The molecule has 0 aliphatic carbocycles. The Kier molecular flexibility index (Phi) is 4.81. The first-order valence-electron chi connectivity index (χ1n) is 7.26. The summed E-state index contributed by atoms with van der Waals surface area (Å²) in [6.07, 6.45) is 2.24. The molecular formula is C17H15N3O3S. The highest BCUT2D eigenvalue weighted by atomic mass is 32.2. The van der Waals surface area contributed by atoms with Crippen LogP contribution in [0.25, 0.3) is 17.1 Å². The number of hydrogen-bond acceptors (Lipinski definition) is 5. The molecule has 0 saturated carbocycles. The Morgan fingerprint density at radius 2 is 2.17 bits per heavy atom. The number of amides is 1. The van der Waals surface area contributed by atoms with Crippen LogP contribution in [0.15, 0.2) is 56.6 Å². The zero-order valence-electron chi connectivity index (χ0n) is 12.9. The molecule has 0 radical (unpaired) electrons. The van der Waals surface area contributed by atoms with Gasteiger partial charge < -0.3 is 14.7 Å². The second kappa shape index (κ2) is 7.18. The Bertz CT molecular complexity index is 878. The molecule has 7 heteroatoms. The maximum atomic E-state index is 11.3. The quantitative estimate of drug-likeness (QED) is 0.531. The molecule has 0 fully saturated rings. The van der Waals surface area contributed by atoms with Crippen molar-refractivity contribution in [1.29, 1.82) is 0 Å². The van der Waals surface area contributed by atoms with E-state index >= 15 is 0 Å². The predicted molar refractivity (Wildman–Crippen MR) is 91.6 cm³/mol. The average Bonchev–Trinajstić information content (AvgIpc) is 3.20. The number of furan rings is 1. The molecule has 0 saturated heterocycles. The van der Waals surface area contributed by atoms with Gasteiger partial charge >= 0.3 is 0 Å². The third kappa shape index (κ3) is 3.75. The number of para-hydroxylation sites is 2. The van der Waals surface area contributed by atoms with E-state index in [4.69, 9.17) is 4.42 Å². The topological polar surface area (TPSA) is 88.0 Å². The van der Waals surface area contributed by atoms with Crippen molar-refractivity contribution in [3.63, 3.8) is 0 Å². The van der Waals surface area contributed by atoms with Gasteiger partial charge in [-0.05, 0) is 42.1 Å². The highest BCUT2D eigenvalue weighted by Gasteiger charge is 2.09. The van der Waals surface area contributed by atoms with E-state index in [1.807, 2.05) is 24.3 Å². The second-order valence-electron chi connectivity index (χ2n) is 5.01. The molecule has 3 rings (SSSR count). The highest BCUT2D eigenvalue weighted by Crippen LogP contribution is 2.29. The summed E-state index contributed by atoms with van der Waals surface area (Å²) in [6.45, 7) is 0. The Hall–Kier alpha value is -2.80. The molecule has 6 nitrogen and oxygen atoms in total. The fraction of sp³-hybridized carbons (Fsp3) is 0.118. The lowest BCUT2D eigenvalue weighted by Crippen LogP contribution is -2.18. The fourth-order valence-corrected chi connectivity index (χ4v) is 2.89. The van der Waals surface area contributed by atoms with Crippen LogP contribution in [0.4, 0.5) is 0 Å². The van der Waals surface area contributed by atoms with Gasteiger partial charge in [-0.2, -0.15) is 0 Å². The molecule has 2 aromatic heterocycles. The highest BCUT2D eigenvalue weighted by molar-refractivity contribution is 7.99. The van der Waals surface area contributed by atoms with Crippen molar-refractivity contribution in [2.45, 2.75) is 16.7 Å². The number of imidazole rings is 1. The number of nitrogens with one attached hydrogen (secondary N) is 2. The van der Waals surface area contributed by atoms with E-state index in [2.05, 4.69) is 15.3 Å². The van der Waals surface area contributed by atoms with Crippen LogP contribution < -0.4 is 5.32 Å². The number of H-pyrrole nitrogens is 1. The van der Waals surface area contributed by atoms with Gasteiger partial charge in [0.05, 0.1) is 17.5 Å². The minimum absolute atomic E-state index is 0.0206. The molecule has 0 spiro atoms. The molecule has 0 aliphatic heterocycles. The Morgan fingerprint density at radius 3 is 2.92 bits per heavy atom. The number of aromatic nitrogens is 2. The van der Waals surface area contributed by atoms with E-state index in [1.165, 1.54) is 18.8 Å². The van der Waals surface area contributed by atoms with Gasteiger partial charge in [-0.3, -0.25) is 9.59 Å². The van der Waals surface area contributed by atoms with Crippen molar-refractivity contribution < 1.29 is 14.0 Å². The average molecular weight is 341 g/mol. The molecule has 3 aromatic rings. The van der Waals surface area contributed by atoms with Gasteiger partial charge in [-0.25, -0.2) is 4.98 Å². The molecule has 2 N–H and O–H groups in total. The van der Waals surface area contributed by atoms with Crippen LogP contribution in [0.5, 0.6) is 0 Å². The van der Waals surface area contributed by atoms with Crippen molar-refractivity contribution >= 4 is 41.1 Å². The summed E-state index contributed by atoms with van der Waals surface area (Å²) in [5.74, 6) is 0.288. The number of aromatic amines is 1. The van der Waals surface area contributed by atoms with E-state index in [0.29, 0.717) is 22.7 Å². The third-order valence-corrected chi connectivity index (χ3v) is 4.10. The summed E-state index contributed by atoms with van der Waals surface area (Å²) in [5.41, 5.74) is 2.20. The number of hydrogen-bond donors (Lipinski definition) is 2. The zero-order chi connectivity index (χ0) is 16.9. The fourth-order valence-electron chi connectivity index (χ4n) is 2.12. The smallest absolute Gasteiger partial charge is 0.224 e.